The Morgan fingerprint density at radius 1 is 0.921 bits per heavy atom. The van der Waals surface area contributed by atoms with E-state index in [0.29, 0.717) is 12.1 Å². The summed E-state index contributed by atoms with van der Waals surface area (Å²) in [5, 5.41) is 22.2. The second kappa shape index (κ2) is 24.0. The van der Waals surface area contributed by atoms with Crippen LogP contribution in [0.5, 0.6) is 5.75 Å². The summed E-state index contributed by atoms with van der Waals surface area (Å²) in [6.07, 6.45) is -0.557. The first kappa shape index (κ1) is 56.8. The number of alkyl carbamates (subject to hydrolysis) is 1. The predicted octanol–water partition coefficient (Wildman–Crippen LogP) is 5.88. The van der Waals surface area contributed by atoms with Crippen molar-refractivity contribution in [3.63, 3.8) is 0 Å². The van der Waals surface area contributed by atoms with Crippen molar-refractivity contribution >= 4 is 58.6 Å². The quantitative estimate of drug-likeness (QED) is 0.0647. The number of ether oxygens (including phenoxy) is 2. The molecule has 0 unspecified atom stereocenters. The third kappa shape index (κ3) is 13.9. The molecule has 408 valence electrons. The van der Waals surface area contributed by atoms with Crippen LogP contribution in [-0.4, -0.2) is 112 Å². The zero-order valence-corrected chi connectivity index (χ0v) is 45.3. The molecule has 7 N–H and O–H groups in total. The highest BCUT2D eigenvalue weighted by Crippen LogP contribution is 2.39. The molecule has 0 bridgehead atoms. The van der Waals surface area contributed by atoms with Crippen LogP contribution in [0.3, 0.4) is 0 Å². The van der Waals surface area contributed by atoms with Crippen molar-refractivity contribution in [1.29, 1.82) is 0 Å². The maximum Gasteiger partial charge on any atom is 0.408 e. The summed E-state index contributed by atoms with van der Waals surface area (Å²) in [6.45, 7) is 14.0. The number of hydrogen-bond acceptors (Lipinski definition) is 12. The van der Waals surface area contributed by atoms with E-state index < -0.39 is 101 Å². The lowest BCUT2D eigenvalue weighted by Gasteiger charge is -2.35. The number of rotatable bonds is 19. The molecule has 4 heterocycles. The van der Waals surface area contributed by atoms with Gasteiger partial charge < -0.3 is 46.5 Å². The van der Waals surface area contributed by atoms with Gasteiger partial charge in [0.25, 0.3) is 0 Å². The molecule has 7 rings (SSSR count). The van der Waals surface area contributed by atoms with E-state index >= 15 is 4.39 Å². The molecule has 0 aliphatic carbocycles. The van der Waals surface area contributed by atoms with Gasteiger partial charge in [-0.1, -0.05) is 75.4 Å². The van der Waals surface area contributed by atoms with Gasteiger partial charge in [-0.25, -0.2) is 14.2 Å². The van der Waals surface area contributed by atoms with Crippen molar-refractivity contribution in [3.05, 3.63) is 99.9 Å². The number of anilines is 1. The fraction of sp³-hybridized carbons (Fsp3) is 0.500. The van der Waals surface area contributed by atoms with Gasteiger partial charge in [0.1, 0.15) is 36.4 Å². The Bertz CT molecular complexity index is 2810. The molecule has 20 heteroatoms. The number of para-hydroxylation sites is 1. The molecular weight excluding hydrogens is 996 g/mol. The number of primary amides is 1. The average Bonchev–Trinajstić information content (AvgIpc) is 4.06. The Balaban J connectivity index is 0.944. The Hall–Kier alpha value is -6.93. The van der Waals surface area contributed by atoms with Crippen LogP contribution in [0, 0.1) is 18.2 Å². The Morgan fingerprint density at radius 3 is 2.29 bits per heavy atom. The predicted molar refractivity (Wildman–Crippen MR) is 284 cm³/mol. The van der Waals surface area contributed by atoms with Crippen molar-refractivity contribution < 1.29 is 52.5 Å². The van der Waals surface area contributed by atoms with Crippen molar-refractivity contribution in [1.82, 2.24) is 31.2 Å². The fourth-order valence-electron chi connectivity index (χ4n) is 9.97. The third-order valence-corrected chi connectivity index (χ3v) is 14.9. The second-order valence-electron chi connectivity index (χ2n) is 22.1. The maximum atomic E-state index is 16.1. The van der Waals surface area contributed by atoms with Crippen molar-refractivity contribution in [2.45, 2.75) is 161 Å². The van der Waals surface area contributed by atoms with Crippen LogP contribution >= 0.6 is 11.3 Å². The summed E-state index contributed by atoms with van der Waals surface area (Å²) in [4.78, 5) is 103. The first-order valence-electron chi connectivity index (χ1n) is 25.9. The van der Waals surface area contributed by atoms with E-state index in [1.165, 1.54) is 15.9 Å². The lowest BCUT2D eigenvalue weighted by Crippen LogP contribution is -2.57. The minimum Gasteiger partial charge on any atom is -0.488 e. The fourth-order valence-corrected chi connectivity index (χ4v) is 10.8. The lowest BCUT2D eigenvalue weighted by atomic mass is 9.85. The van der Waals surface area contributed by atoms with Crippen LogP contribution in [0.25, 0.3) is 10.4 Å². The van der Waals surface area contributed by atoms with E-state index in [2.05, 4.69) is 26.3 Å². The molecule has 3 aliphatic heterocycles. The number of hydrogen-bond donors (Lipinski definition) is 6. The number of amides is 7. The second-order valence-corrected chi connectivity index (χ2v) is 22.9. The minimum atomic E-state index is -1.05. The number of nitrogens with one attached hydrogen (secondary N) is 4. The van der Waals surface area contributed by atoms with E-state index in [4.69, 9.17) is 15.2 Å². The van der Waals surface area contributed by atoms with E-state index in [0.717, 1.165) is 32.8 Å². The van der Waals surface area contributed by atoms with Gasteiger partial charge in [0.05, 0.1) is 40.0 Å². The molecule has 4 aromatic rings. The molecule has 76 heavy (non-hydrogen) atoms. The Kier molecular flexibility index (Phi) is 17.9. The highest BCUT2D eigenvalue weighted by Gasteiger charge is 2.46. The summed E-state index contributed by atoms with van der Waals surface area (Å²) >= 11 is 1.55. The summed E-state index contributed by atoms with van der Waals surface area (Å²) in [5.41, 5.74) is 11.0. The lowest BCUT2D eigenvalue weighted by molar-refractivity contribution is -0.144. The largest absolute Gasteiger partial charge is 0.488 e. The van der Waals surface area contributed by atoms with Crippen LogP contribution < -0.4 is 36.6 Å². The van der Waals surface area contributed by atoms with Crippen molar-refractivity contribution in [2.75, 3.05) is 18.1 Å². The normalized spacial score (nSPS) is 19.4. The van der Waals surface area contributed by atoms with E-state index in [9.17, 15) is 38.7 Å². The first-order valence-corrected chi connectivity index (χ1v) is 26.8. The maximum absolute atomic E-state index is 16.1. The van der Waals surface area contributed by atoms with Crippen LogP contribution in [0.15, 0.2) is 66.2 Å². The highest BCUT2D eigenvalue weighted by atomic mass is 32.1. The molecule has 0 spiro atoms. The Morgan fingerprint density at radius 2 is 1.62 bits per heavy atom. The van der Waals surface area contributed by atoms with Gasteiger partial charge in [-0.05, 0) is 106 Å². The summed E-state index contributed by atoms with van der Waals surface area (Å²) in [6, 6.07) is 12.8. The summed E-state index contributed by atoms with van der Waals surface area (Å²) in [7, 11) is 0. The monoisotopic (exact) mass is 1070 g/mol. The Labute approximate surface area is 447 Å². The molecule has 1 saturated heterocycles. The zero-order chi connectivity index (χ0) is 55.2. The molecular formula is C56H71FN8O10S. The molecule has 18 nitrogen and oxygen atoms in total. The topological polar surface area (TPSA) is 252 Å². The van der Waals surface area contributed by atoms with Gasteiger partial charge in [-0.3, -0.25) is 33.7 Å². The number of aliphatic hydroxyl groups is 1. The van der Waals surface area contributed by atoms with Gasteiger partial charge in [0.2, 0.25) is 35.4 Å². The van der Waals surface area contributed by atoms with Crippen molar-refractivity contribution in [2.24, 2.45) is 11.1 Å². The number of carbonyl (C=O) groups is 7. The average molecular weight is 1070 g/mol. The molecule has 7 atom stereocenters. The number of aryl methyl sites for hydroxylation is 3. The molecule has 1 aromatic heterocycles. The summed E-state index contributed by atoms with van der Waals surface area (Å²) in [5.74, 6) is -3.83. The molecule has 7 amide bonds. The zero-order valence-electron chi connectivity index (χ0n) is 44.5. The number of thiazole rings is 1. The molecule has 0 radical (unpaired) electrons. The number of halogens is 1. The number of nitrogens with two attached hydrogens (primary N) is 1. The smallest absolute Gasteiger partial charge is 0.408 e. The van der Waals surface area contributed by atoms with Crippen molar-refractivity contribution in [3.8, 4) is 16.2 Å². The third-order valence-electron chi connectivity index (χ3n) is 13.9. The highest BCUT2D eigenvalue weighted by molar-refractivity contribution is 7.13. The van der Waals surface area contributed by atoms with Gasteiger partial charge in [0.15, 0.2) is 11.6 Å². The number of nitrogens with zero attached hydrogens (tertiary/aromatic N) is 3. The van der Waals surface area contributed by atoms with Gasteiger partial charge >= 0.3 is 6.09 Å². The number of aromatic nitrogens is 1. The van der Waals surface area contributed by atoms with E-state index in [1.54, 1.807) is 70.5 Å². The van der Waals surface area contributed by atoms with E-state index in [-0.39, 0.29) is 75.8 Å². The number of β-amino-alcohol motifs (C(OH)–C–C–N with tert-alkyl or cyclic N) is 1. The molecule has 3 aromatic carbocycles. The minimum absolute atomic E-state index is 0.0331. The molecule has 3 aliphatic rings. The summed E-state index contributed by atoms with van der Waals surface area (Å²) < 4.78 is 27.5. The van der Waals surface area contributed by atoms with Crippen LogP contribution in [0.2, 0.25) is 0 Å². The number of likely N-dealkylation sites (tertiary alicyclic amines) is 1. The number of carbonyl (C=O) groups excluding carboxylic acids is 7. The number of aliphatic hydroxyl groups excluding tert-OH is 1. The first-order chi connectivity index (χ1) is 35.9. The van der Waals surface area contributed by atoms with E-state index in [1.807, 2.05) is 56.3 Å². The van der Waals surface area contributed by atoms with Gasteiger partial charge in [-0.15, -0.1) is 11.3 Å². The standard InChI is InChI=1S/C56H71FN8O10S/c1-31(33-18-20-36(21-19-33)48-32(2)59-30-76-48)60-50(69)41-27-39(66)28-64(41)53(72)49(55(3,4)5)63-45(68)17-11-13-34-12-10-16-43(46(34)57)74-29-38(23-25-44(58)67)61-51(70)42-26-37-15-9-14-35-22-24-40(52(71)65(42)47(35)37)62-54(73)75-56(6,7)8/h9-10,12,14-16,18-21,30-31,38-42,49,66H,11,13,17,22-29H2,1-8H3,(H2,58,67)(H,60,69)(H,61,70)(H,62,73)(H,63,68)/t31-,38-,39+,40-,41-,42-,49+/m0/s1. The van der Waals surface area contributed by atoms with Crippen LogP contribution in [0.4, 0.5) is 14.9 Å². The SMILES string of the molecule is Cc1ncsc1-c1ccc([C@H](C)NC(=O)[C@@H]2C[C@@H](O)CN2C(=O)[C@@H](NC(=O)CCCc2cccc(OC[C@H](CCC(N)=O)NC(=O)[C@@H]3Cc4cccc5c4N3C(=O)[C@@H](NC(=O)OC(C)(C)C)CC5)c2F)C(C)(C)C)cc1. The van der Waals surface area contributed by atoms with Crippen LogP contribution in [0.1, 0.15) is 121 Å². The molecule has 1 fully saturated rings. The molecule has 0 saturated carbocycles. The number of benzene rings is 3. The van der Waals surface area contributed by atoms with Gasteiger partial charge in [0, 0.05) is 32.2 Å². The van der Waals surface area contributed by atoms with Gasteiger partial charge in [-0.2, -0.15) is 0 Å². The van der Waals surface area contributed by atoms with Crippen LogP contribution in [-0.2, 0) is 52.8 Å².